The molecule has 3 aromatic carbocycles. The molecule has 0 aliphatic heterocycles. The topological polar surface area (TPSA) is 83.1 Å². The molecular weight excluding hydrogens is 396 g/mol. The van der Waals surface area contributed by atoms with Crippen molar-refractivity contribution in [2.45, 2.75) is 13.5 Å². The van der Waals surface area contributed by atoms with E-state index in [4.69, 9.17) is 0 Å². The predicted molar refractivity (Wildman–Crippen MR) is 121 cm³/mol. The SMILES string of the molecule is Cc1ccc(C(=O)Nc2ccccc2)cc1NC(=O)NCc1nc2ccccc2s1. The molecule has 0 bridgehead atoms. The second kappa shape index (κ2) is 8.75. The van der Waals surface area contributed by atoms with E-state index in [-0.39, 0.29) is 11.9 Å². The van der Waals surface area contributed by atoms with E-state index < -0.39 is 0 Å². The fourth-order valence-corrected chi connectivity index (χ4v) is 3.85. The first-order valence-corrected chi connectivity index (χ1v) is 10.3. The standard InChI is InChI=1S/C23H20N4O2S/c1-15-11-12-16(22(28)25-17-7-3-2-4-8-17)13-19(15)27-23(29)24-14-21-26-18-9-5-6-10-20(18)30-21/h2-13H,14H2,1H3,(H,25,28)(H2,24,27,29). The van der Waals surface area contributed by atoms with Crippen LogP contribution in [0, 0.1) is 6.92 Å². The molecular formula is C23H20N4O2S. The minimum absolute atomic E-state index is 0.237. The number of hydrogen-bond donors (Lipinski definition) is 3. The van der Waals surface area contributed by atoms with Crippen molar-refractivity contribution in [3.63, 3.8) is 0 Å². The van der Waals surface area contributed by atoms with Crippen LogP contribution in [-0.4, -0.2) is 16.9 Å². The number of benzene rings is 3. The summed E-state index contributed by atoms with van der Waals surface area (Å²) in [6.45, 7) is 2.21. The quantitative estimate of drug-likeness (QED) is 0.419. The van der Waals surface area contributed by atoms with E-state index >= 15 is 0 Å². The van der Waals surface area contributed by atoms with Crippen molar-refractivity contribution >= 4 is 44.9 Å². The van der Waals surface area contributed by atoms with Crippen LogP contribution in [0.25, 0.3) is 10.2 Å². The maximum Gasteiger partial charge on any atom is 0.319 e. The third kappa shape index (κ3) is 4.64. The van der Waals surface area contributed by atoms with Crippen LogP contribution in [0.4, 0.5) is 16.2 Å². The fourth-order valence-electron chi connectivity index (χ4n) is 2.94. The highest BCUT2D eigenvalue weighted by Gasteiger charge is 2.11. The number of aromatic nitrogens is 1. The molecule has 3 N–H and O–H groups in total. The number of aryl methyl sites for hydroxylation is 1. The third-order valence-corrected chi connectivity index (χ3v) is 5.55. The monoisotopic (exact) mass is 416 g/mol. The van der Waals surface area contributed by atoms with Gasteiger partial charge in [0.15, 0.2) is 0 Å². The highest BCUT2D eigenvalue weighted by atomic mass is 32.1. The normalized spacial score (nSPS) is 10.6. The van der Waals surface area contributed by atoms with Crippen molar-refractivity contribution in [2.24, 2.45) is 0 Å². The van der Waals surface area contributed by atoms with E-state index in [9.17, 15) is 9.59 Å². The number of para-hydroxylation sites is 2. The lowest BCUT2D eigenvalue weighted by molar-refractivity contribution is 0.102. The molecule has 0 unspecified atom stereocenters. The molecule has 0 aliphatic rings. The average Bonchev–Trinajstić information content (AvgIpc) is 3.17. The Morgan fingerprint density at radius 3 is 2.50 bits per heavy atom. The van der Waals surface area contributed by atoms with E-state index in [0.717, 1.165) is 20.8 Å². The molecule has 3 amide bonds. The van der Waals surface area contributed by atoms with Gasteiger partial charge in [0.2, 0.25) is 0 Å². The number of anilines is 2. The number of hydrogen-bond acceptors (Lipinski definition) is 4. The van der Waals surface area contributed by atoms with Gasteiger partial charge in [-0.25, -0.2) is 9.78 Å². The molecule has 0 atom stereocenters. The molecule has 1 aromatic heterocycles. The van der Waals surface area contributed by atoms with Crippen molar-refractivity contribution in [2.75, 3.05) is 10.6 Å². The van der Waals surface area contributed by atoms with Crippen LogP contribution in [0.2, 0.25) is 0 Å². The van der Waals surface area contributed by atoms with Crippen LogP contribution < -0.4 is 16.0 Å². The minimum atomic E-state index is -0.349. The molecule has 30 heavy (non-hydrogen) atoms. The Bertz CT molecular complexity index is 1170. The second-order valence-electron chi connectivity index (χ2n) is 6.73. The van der Waals surface area contributed by atoms with Gasteiger partial charge in [-0.3, -0.25) is 4.79 Å². The molecule has 0 aliphatic carbocycles. The van der Waals surface area contributed by atoms with Gasteiger partial charge in [-0.05, 0) is 48.9 Å². The fraction of sp³-hybridized carbons (Fsp3) is 0.0870. The van der Waals surface area contributed by atoms with Crippen molar-refractivity contribution < 1.29 is 9.59 Å². The lowest BCUT2D eigenvalue weighted by Crippen LogP contribution is -2.28. The number of thiazole rings is 1. The number of urea groups is 1. The number of rotatable bonds is 5. The summed E-state index contributed by atoms with van der Waals surface area (Å²) in [5, 5.41) is 9.32. The highest BCUT2D eigenvalue weighted by Crippen LogP contribution is 2.22. The van der Waals surface area contributed by atoms with Gasteiger partial charge in [0, 0.05) is 16.9 Å². The Hall–Kier alpha value is -3.71. The summed E-state index contributed by atoms with van der Waals surface area (Å²) in [7, 11) is 0. The van der Waals surface area contributed by atoms with E-state index in [1.807, 2.05) is 67.6 Å². The number of nitrogens with zero attached hydrogens (tertiary/aromatic N) is 1. The van der Waals surface area contributed by atoms with Gasteiger partial charge in [-0.2, -0.15) is 0 Å². The van der Waals surface area contributed by atoms with Crippen LogP contribution in [0.3, 0.4) is 0 Å². The van der Waals surface area contributed by atoms with Gasteiger partial charge in [-0.1, -0.05) is 36.4 Å². The number of amides is 3. The lowest BCUT2D eigenvalue weighted by Gasteiger charge is -2.11. The first kappa shape index (κ1) is 19.6. The lowest BCUT2D eigenvalue weighted by atomic mass is 10.1. The molecule has 150 valence electrons. The maximum atomic E-state index is 12.5. The predicted octanol–water partition coefficient (Wildman–Crippen LogP) is 5.18. The third-order valence-electron chi connectivity index (χ3n) is 4.52. The largest absolute Gasteiger partial charge is 0.331 e. The summed E-state index contributed by atoms with van der Waals surface area (Å²) in [6.07, 6.45) is 0. The summed E-state index contributed by atoms with van der Waals surface area (Å²) in [6, 6.07) is 22.0. The summed E-state index contributed by atoms with van der Waals surface area (Å²) in [4.78, 5) is 29.4. The van der Waals surface area contributed by atoms with Crippen molar-refractivity contribution in [3.05, 3.63) is 88.9 Å². The Morgan fingerprint density at radius 1 is 0.933 bits per heavy atom. The van der Waals surface area contributed by atoms with Gasteiger partial charge in [0.1, 0.15) is 5.01 Å². The second-order valence-corrected chi connectivity index (χ2v) is 7.85. The average molecular weight is 417 g/mol. The van der Waals surface area contributed by atoms with Gasteiger partial charge in [0.25, 0.3) is 5.91 Å². The Labute approximate surface area is 178 Å². The van der Waals surface area contributed by atoms with Crippen LogP contribution in [0.1, 0.15) is 20.9 Å². The molecule has 4 aromatic rings. The maximum absolute atomic E-state index is 12.5. The number of nitrogens with one attached hydrogen (secondary N) is 3. The zero-order chi connectivity index (χ0) is 20.9. The Kier molecular flexibility index (Phi) is 5.72. The first-order valence-electron chi connectivity index (χ1n) is 9.45. The molecule has 0 radical (unpaired) electrons. The molecule has 0 saturated heterocycles. The molecule has 0 spiro atoms. The number of fused-ring (bicyclic) bond motifs is 1. The molecule has 1 heterocycles. The van der Waals surface area contributed by atoms with Gasteiger partial charge in [0.05, 0.1) is 16.8 Å². The number of carbonyl (C=O) groups is 2. The summed E-state index contributed by atoms with van der Waals surface area (Å²) in [5.74, 6) is -0.237. The highest BCUT2D eigenvalue weighted by molar-refractivity contribution is 7.18. The summed E-state index contributed by atoms with van der Waals surface area (Å²) in [5.41, 5.74) is 3.55. The van der Waals surface area contributed by atoms with Crippen molar-refractivity contribution in [1.29, 1.82) is 0 Å². The van der Waals surface area contributed by atoms with Crippen LogP contribution in [-0.2, 0) is 6.54 Å². The summed E-state index contributed by atoms with van der Waals surface area (Å²) < 4.78 is 1.09. The van der Waals surface area contributed by atoms with Crippen LogP contribution >= 0.6 is 11.3 Å². The van der Waals surface area contributed by atoms with Gasteiger partial charge < -0.3 is 16.0 Å². The molecule has 0 saturated carbocycles. The van der Waals surface area contributed by atoms with Crippen LogP contribution in [0.5, 0.6) is 0 Å². The smallest absolute Gasteiger partial charge is 0.319 e. The molecule has 6 nitrogen and oxygen atoms in total. The first-order chi connectivity index (χ1) is 14.6. The zero-order valence-electron chi connectivity index (χ0n) is 16.3. The van der Waals surface area contributed by atoms with Gasteiger partial charge in [-0.15, -0.1) is 11.3 Å². The Balaban J connectivity index is 1.40. The molecule has 0 fully saturated rings. The Morgan fingerprint density at radius 2 is 1.70 bits per heavy atom. The number of carbonyl (C=O) groups excluding carboxylic acids is 2. The summed E-state index contributed by atoms with van der Waals surface area (Å²) >= 11 is 1.55. The van der Waals surface area contributed by atoms with Crippen molar-refractivity contribution in [3.8, 4) is 0 Å². The molecule has 4 rings (SSSR count). The van der Waals surface area contributed by atoms with E-state index in [1.165, 1.54) is 0 Å². The van der Waals surface area contributed by atoms with Gasteiger partial charge >= 0.3 is 6.03 Å². The zero-order valence-corrected chi connectivity index (χ0v) is 17.1. The van der Waals surface area contributed by atoms with Crippen molar-refractivity contribution in [1.82, 2.24) is 10.3 Å². The minimum Gasteiger partial charge on any atom is -0.331 e. The molecule has 7 heteroatoms. The van der Waals surface area contributed by atoms with E-state index in [1.54, 1.807) is 23.5 Å². The van der Waals surface area contributed by atoms with E-state index in [0.29, 0.717) is 23.5 Å². The van der Waals surface area contributed by atoms with E-state index in [2.05, 4.69) is 20.9 Å². The van der Waals surface area contributed by atoms with Crippen LogP contribution in [0.15, 0.2) is 72.8 Å².